The molecular formula is C18H18N2O2. The van der Waals surface area contributed by atoms with Crippen LogP contribution in [0, 0.1) is 20.8 Å². The van der Waals surface area contributed by atoms with Crippen molar-refractivity contribution in [2.24, 2.45) is 0 Å². The summed E-state index contributed by atoms with van der Waals surface area (Å²) < 4.78 is 6.93. The van der Waals surface area contributed by atoms with E-state index >= 15 is 0 Å². The third kappa shape index (κ3) is 2.72. The lowest BCUT2D eigenvalue weighted by Crippen LogP contribution is -2.19. The van der Waals surface area contributed by atoms with Crippen molar-refractivity contribution in [2.45, 2.75) is 27.3 Å². The molecule has 0 spiro atoms. The molecule has 0 atom stereocenters. The average molecular weight is 294 g/mol. The molecule has 0 saturated carbocycles. The van der Waals surface area contributed by atoms with Gasteiger partial charge in [-0.05, 0) is 32.4 Å². The zero-order valence-electron chi connectivity index (χ0n) is 13.0. The normalized spacial score (nSPS) is 10.9. The smallest absolute Gasteiger partial charge is 0.250 e. The Labute approximate surface area is 129 Å². The van der Waals surface area contributed by atoms with Crippen molar-refractivity contribution in [3.8, 4) is 11.1 Å². The second-order valence-electron chi connectivity index (χ2n) is 5.57. The zero-order chi connectivity index (χ0) is 15.7. The van der Waals surface area contributed by atoms with Crippen molar-refractivity contribution in [3.05, 3.63) is 75.5 Å². The van der Waals surface area contributed by atoms with Crippen LogP contribution in [0.15, 0.2) is 51.9 Å². The Morgan fingerprint density at radius 1 is 1.05 bits per heavy atom. The molecule has 2 aromatic heterocycles. The number of aromatic nitrogens is 2. The van der Waals surface area contributed by atoms with E-state index in [1.165, 1.54) is 5.56 Å². The van der Waals surface area contributed by atoms with Gasteiger partial charge in [0.25, 0.3) is 5.56 Å². The first kappa shape index (κ1) is 14.3. The maximum absolute atomic E-state index is 12.1. The van der Waals surface area contributed by atoms with Crippen LogP contribution in [0.1, 0.15) is 22.6 Å². The lowest BCUT2D eigenvalue weighted by Gasteiger charge is -2.09. The molecule has 0 bridgehead atoms. The van der Waals surface area contributed by atoms with Crippen LogP contribution in [0.3, 0.4) is 0 Å². The molecule has 0 saturated heterocycles. The van der Waals surface area contributed by atoms with Crippen molar-refractivity contribution in [3.63, 3.8) is 0 Å². The second kappa shape index (κ2) is 5.64. The van der Waals surface area contributed by atoms with Crippen molar-refractivity contribution in [1.29, 1.82) is 0 Å². The van der Waals surface area contributed by atoms with Gasteiger partial charge in [-0.25, -0.2) is 0 Å². The number of hydrogen-bond donors (Lipinski definition) is 0. The highest BCUT2D eigenvalue weighted by atomic mass is 16.5. The standard InChI is InChI=1S/C18H18N2O2/c1-12-4-6-15(7-5-12)10-20-11-16(8-9-17(20)21)18-13(2)19-22-14(18)3/h4-9,11H,10H2,1-3H3. The zero-order valence-corrected chi connectivity index (χ0v) is 13.0. The molecule has 4 nitrogen and oxygen atoms in total. The lowest BCUT2D eigenvalue weighted by molar-refractivity contribution is 0.393. The molecule has 2 heterocycles. The van der Waals surface area contributed by atoms with Gasteiger partial charge in [-0.1, -0.05) is 35.0 Å². The molecule has 0 amide bonds. The number of pyridine rings is 1. The maximum Gasteiger partial charge on any atom is 0.250 e. The second-order valence-corrected chi connectivity index (χ2v) is 5.57. The van der Waals surface area contributed by atoms with E-state index in [0.717, 1.165) is 28.1 Å². The van der Waals surface area contributed by atoms with E-state index in [9.17, 15) is 4.79 Å². The summed E-state index contributed by atoms with van der Waals surface area (Å²) >= 11 is 0. The summed E-state index contributed by atoms with van der Waals surface area (Å²) in [7, 11) is 0. The van der Waals surface area contributed by atoms with E-state index in [1.807, 2.05) is 45.2 Å². The third-order valence-electron chi connectivity index (χ3n) is 3.78. The highest BCUT2D eigenvalue weighted by molar-refractivity contribution is 5.66. The summed E-state index contributed by atoms with van der Waals surface area (Å²) in [5.41, 5.74) is 5.03. The Morgan fingerprint density at radius 2 is 1.77 bits per heavy atom. The minimum absolute atomic E-state index is 0.0175. The van der Waals surface area contributed by atoms with Gasteiger partial charge in [0.1, 0.15) is 5.76 Å². The number of benzene rings is 1. The molecule has 0 N–H and O–H groups in total. The SMILES string of the molecule is Cc1ccc(Cn2cc(-c3c(C)noc3C)ccc2=O)cc1. The van der Waals surface area contributed by atoms with Gasteiger partial charge in [0, 0.05) is 23.4 Å². The fourth-order valence-corrected chi connectivity index (χ4v) is 2.59. The van der Waals surface area contributed by atoms with E-state index in [4.69, 9.17) is 4.52 Å². The molecule has 3 aromatic rings. The number of aryl methyl sites for hydroxylation is 3. The van der Waals surface area contributed by atoms with Crippen molar-refractivity contribution >= 4 is 0 Å². The number of nitrogens with zero attached hydrogens (tertiary/aromatic N) is 2. The minimum Gasteiger partial charge on any atom is -0.361 e. The summed E-state index contributed by atoms with van der Waals surface area (Å²) in [5, 5.41) is 3.98. The van der Waals surface area contributed by atoms with Gasteiger partial charge in [-0.2, -0.15) is 0 Å². The van der Waals surface area contributed by atoms with Gasteiger partial charge < -0.3 is 9.09 Å². The van der Waals surface area contributed by atoms with Crippen molar-refractivity contribution in [2.75, 3.05) is 0 Å². The molecule has 0 radical (unpaired) electrons. The topological polar surface area (TPSA) is 48.0 Å². The fourth-order valence-electron chi connectivity index (χ4n) is 2.59. The molecule has 0 aliphatic rings. The quantitative estimate of drug-likeness (QED) is 0.743. The molecule has 1 aromatic carbocycles. The largest absolute Gasteiger partial charge is 0.361 e. The molecule has 0 aliphatic heterocycles. The summed E-state index contributed by atoms with van der Waals surface area (Å²) in [5.74, 6) is 0.762. The van der Waals surface area contributed by atoms with E-state index in [-0.39, 0.29) is 5.56 Å². The first-order valence-electron chi connectivity index (χ1n) is 7.24. The van der Waals surface area contributed by atoms with Crippen LogP contribution in [0.25, 0.3) is 11.1 Å². The molecular weight excluding hydrogens is 276 g/mol. The molecule has 0 unspecified atom stereocenters. The summed E-state index contributed by atoms with van der Waals surface area (Å²) in [6, 6.07) is 11.6. The van der Waals surface area contributed by atoms with Gasteiger partial charge >= 0.3 is 0 Å². The van der Waals surface area contributed by atoms with Crippen LogP contribution >= 0.6 is 0 Å². The number of hydrogen-bond acceptors (Lipinski definition) is 3. The van der Waals surface area contributed by atoms with Crippen molar-refractivity contribution < 1.29 is 4.52 Å². The van der Waals surface area contributed by atoms with Gasteiger partial charge in [0.05, 0.1) is 12.2 Å². The van der Waals surface area contributed by atoms with Crippen LogP contribution in [0.5, 0.6) is 0 Å². The Balaban J connectivity index is 2.00. The van der Waals surface area contributed by atoms with E-state index in [0.29, 0.717) is 6.54 Å². The highest BCUT2D eigenvalue weighted by Crippen LogP contribution is 2.25. The molecule has 3 rings (SSSR count). The third-order valence-corrected chi connectivity index (χ3v) is 3.78. The van der Waals surface area contributed by atoms with Crippen molar-refractivity contribution in [1.82, 2.24) is 9.72 Å². The predicted molar refractivity (Wildman–Crippen MR) is 86.0 cm³/mol. The maximum atomic E-state index is 12.1. The molecule has 4 heteroatoms. The van der Waals surface area contributed by atoms with Gasteiger partial charge in [-0.3, -0.25) is 4.79 Å². The first-order chi connectivity index (χ1) is 10.5. The average Bonchev–Trinajstić information content (AvgIpc) is 2.83. The van der Waals surface area contributed by atoms with Crippen LogP contribution in [0.4, 0.5) is 0 Å². The van der Waals surface area contributed by atoms with Gasteiger partial charge in [0.2, 0.25) is 0 Å². The van der Waals surface area contributed by atoms with Crippen LogP contribution in [0.2, 0.25) is 0 Å². The lowest BCUT2D eigenvalue weighted by atomic mass is 10.1. The first-order valence-corrected chi connectivity index (χ1v) is 7.24. The van der Waals surface area contributed by atoms with Crippen LogP contribution in [-0.2, 0) is 6.54 Å². The van der Waals surface area contributed by atoms with E-state index in [1.54, 1.807) is 10.6 Å². The highest BCUT2D eigenvalue weighted by Gasteiger charge is 2.12. The summed E-state index contributed by atoms with van der Waals surface area (Å²) in [4.78, 5) is 12.1. The Kier molecular flexibility index (Phi) is 3.67. The van der Waals surface area contributed by atoms with Crippen LogP contribution < -0.4 is 5.56 Å². The minimum atomic E-state index is -0.0175. The number of rotatable bonds is 3. The van der Waals surface area contributed by atoms with Gasteiger partial charge in [-0.15, -0.1) is 0 Å². The Morgan fingerprint density at radius 3 is 2.41 bits per heavy atom. The molecule has 0 aliphatic carbocycles. The molecule has 22 heavy (non-hydrogen) atoms. The Hall–Kier alpha value is -2.62. The Bertz CT molecular complexity index is 838. The fraction of sp³-hybridized carbons (Fsp3) is 0.222. The van der Waals surface area contributed by atoms with E-state index in [2.05, 4.69) is 17.3 Å². The summed E-state index contributed by atoms with van der Waals surface area (Å²) in [6.45, 7) is 6.39. The molecule has 0 fully saturated rings. The predicted octanol–water partition coefficient (Wildman–Crippen LogP) is 3.48. The summed E-state index contributed by atoms with van der Waals surface area (Å²) in [6.07, 6.45) is 1.87. The monoisotopic (exact) mass is 294 g/mol. The van der Waals surface area contributed by atoms with Gasteiger partial charge in [0.15, 0.2) is 0 Å². The molecule has 112 valence electrons. The van der Waals surface area contributed by atoms with Crippen LogP contribution in [-0.4, -0.2) is 9.72 Å². The van der Waals surface area contributed by atoms with E-state index < -0.39 is 0 Å².